The van der Waals surface area contributed by atoms with Crippen molar-refractivity contribution in [3.63, 3.8) is 0 Å². The molecule has 3 aromatic rings. The summed E-state index contributed by atoms with van der Waals surface area (Å²) >= 11 is 0. The Bertz CT molecular complexity index is 1150. The number of piperazine rings is 1. The molecule has 1 saturated heterocycles. The van der Waals surface area contributed by atoms with Crippen molar-refractivity contribution in [3.05, 3.63) is 40.8 Å². The number of anilines is 3. The summed E-state index contributed by atoms with van der Waals surface area (Å²) in [5.74, 6) is 1.60. The predicted molar refractivity (Wildman–Crippen MR) is 124 cm³/mol. The molecule has 1 aromatic carbocycles. The molecule has 3 N–H and O–H groups in total. The van der Waals surface area contributed by atoms with Gasteiger partial charge in [-0.15, -0.1) is 0 Å². The van der Waals surface area contributed by atoms with Crippen molar-refractivity contribution in [2.24, 2.45) is 0 Å². The van der Waals surface area contributed by atoms with Crippen molar-refractivity contribution >= 4 is 28.0 Å². The van der Waals surface area contributed by atoms with E-state index in [1.807, 2.05) is 12.1 Å². The Morgan fingerprint density at radius 2 is 1.97 bits per heavy atom. The number of rotatable bonds is 6. The number of benzene rings is 1. The minimum absolute atomic E-state index is 0.163. The topological polar surface area (TPSA) is 104 Å². The lowest BCUT2D eigenvalue weighted by atomic mass is 10.2. The zero-order valence-electron chi connectivity index (χ0n) is 18.2. The summed E-state index contributed by atoms with van der Waals surface area (Å²) in [5, 5.41) is 14.2. The van der Waals surface area contributed by atoms with E-state index in [-0.39, 0.29) is 11.7 Å². The summed E-state index contributed by atoms with van der Waals surface area (Å²) in [7, 11) is 1.64. The monoisotopic (exact) mass is 436 g/mol. The van der Waals surface area contributed by atoms with Crippen molar-refractivity contribution < 1.29 is 9.47 Å². The van der Waals surface area contributed by atoms with E-state index < -0.39 is 0 Å². The maximum absolute atomic E-state index is 12.6. The number of fused-ring (bicyclic) bond motifs is 1. The Morgan fingerprint density at radius 1 is 1.16 bits per heavy atom. The number of hydrogen-bond donors (Lipinski definition) is 3. The first kappa shape index (κ1) is 20.6. The number of nitrogens with one attached hydrogen (secondary N) is 3. The number of H-pyrrole nitrogens is 1. The number of hydrogen-bond acceptors (Lipinski definition) is 8. The fourth-order valence-electron chi connectivity index (χ4n) is 4.46. The van der Waals surface area contributed by atoms with E-state index in [1.165, 1.54) is 12.8 Å². The minimum Gasteiger partial charge on any atom is -0.494 e. The molecule has 168 valence electrons. The van der Waals surface area contributed by atoms with Crippen molar-refractivity contribution in [3.8, 4) is 11.6 Å². The van der Waals surface area contributed by atoms with Gasteiger partial charge in [-0.2, -0.15) is 10.1 Å². The highest BCUT2D eigenvalue weighted by Gasteiger charge is 2.20. The third-order valence-corrected chi connectivity index (χ3v) is 6.13. The van der Waals surface area contributed by atoms with Gasteiger partial charge in [0, 0.05) is 49.4 Å². The molecule has 1 saturated carbocycles. The maximum atomic E-state index is 12.6. The maximum Gasteiger partial charge on any atom is 0.275 e. The zero-order valence-corrected chi connectivity index (χ0v) is 18.2. The number of ether oxygens (including phenoxy) is 2. The van der Waals surface area contributed by atoms with Crippen LogP contribution in [0.4, 0.5) is 17.2 Å². The smallest absolute Gasteiger partial charge is 0.275 e. The molecule has 2 fully saturated rings. The van der Waals surface area contributed by atoms with Gasteiger partial charge >= 0.3 is 0 Å². The third kappa shape index (κ3) is 4.20. The van der Waals surface area contributed by atoms with Crippen LogP contribution in [-0.4, -0.2) is 54.6 Å². The van der Waals surface area contributed by atoms with Crippen LogP contribution in [0.5, 0.6) is 11.6 Å². The van der Waals surface area contributed by atoms with Crippen LogP contribution in [0.3, 0.4) is 0 Å². The predicted octanol–water partition coefficient (Wildman–Crippen LogP) is 2.80. The largest absolute Gasteiger partial charge is 0.494 e. The Hall–Kier alpha value is -3.33. The molecule has 1 aliphatic carbocycles. The first-order valence-corrected chi connectivity index (χ1v) is 11.2. The van der Waals surface area contributed by atoms with Gasteiger partial charge in [-0.25, -0.2) is 5.10 Å². The van der Waals surface area contributed by atoms with Crippen LogP contribution in [0.15, 0.2) is 35.3 Å². The van der Waals surface area contributed by atoms with E-state index in [1.54, 1.807) is 19.4 Å². The summed E-state index contributed by atoms with van der Waals surface area (Å²) in [6, 6.07) is 7.82. The van der Waals surface area contributed by atoms with Crippen LogP contribution in [-0.2, 0) is 0 Å². The standard InChI is InChI=1S/C23H28N6O3/c1-31-19-13-16(29-10-8-24-9-11-29)6-7-18(19)26-22-21-15(14-25-28-23(21)30)12-20(27-22)32-17-4-2-3-5-17/h6-7,12-14,17,24H,2-5,8-11H2,1H3,(H,26,27)(H,28,30). The molecule has 0 amide bonds. The highest BCUT2D eigenvalue weighted by atomic mass is 16.5. The summed E-state index contributed by atoms with van der Waals surface area (Å²) < 4.78 is 11.8. The van der Waals surface area contributed by atoms with Crippen LogP contribution in [0.25, 0.3) is 10.8 Å². The lowest BCUT2D eigenvalue weighted by molar-refractivity contribution is 0.202. The van der Waals surface area contributed by atoms with Gasteiger partial charge in [-0.1, -0.05) is 0 Å². The van der Waals surface area contributed by atoms with E-state index in [2.05, 4.69) is 36.8 Å². The van der Waals surface area contributed by atoms with E-state index in [0.29, 0.717) is 28.2 Å². The Morgan fingerprint density at radius 3 is 2.75 bits per heavy atom. The van der Waals surface area contributed by atoms with Gasteiger partial charge < -0.3 is 25.0 Å². The second-order valence-corrected chi connectivity index (χ2v) is 8.24. The summed E-state index contributed by atoms with van der Waals surface area (Å²) in [5.41, 5.74) is 1.53. The van der Waals surface area contributed by atoms with Crippen LogP contribution in [0.1, 0.15) is 25.7 Å². The van der Waals surface area contributed by atoms with Gasteiger partial charge in [0.15, 0.2) is 0 Å². The van der Waals surface area contributed by atoms with E-state index in [4.69, 9.17) is 9.47 Å². The van der Waals surface area contributed by atoms with Gasteiger partial charge in [-0.05, 0) is 37.8 Å². The first-order chi connectivity index (χ1) is 15.7. The van der Waals surface area contributed by atoms with Crippen molar-refractivity contribution in [2.75, 3.05) is 43.5 Å². The Labute approximate surface area is 186 Å². The molecular weight excluding hydrogens is 408 g/mol. The van der Waals surface area contributed by atoms with Crippen LogP contribution in [0, 0.1) is 0 Å². The van der Waals surface area contributed by atoms with Crippen molar-refractivity contribution in [1.29, 1.82) is 0 Å². The average Bonchev–Trinajstić information content (AvgIpc) is 3.33. The molecule has 0 unspecified atom stereocenters. The highest BCUT2D eigenvalue weighted by Crippen LogP contribution is 2.34. The molecular formula is C23H28N6O3. The fourth-order valence-corrected chi connectivity index (χ4v) is 4.46. The molecule has 0 spiro atoms. The molecule has 9 nitrogen and oxygen atoms in total. The SMILES string of the molecule is COc1cc(N2CCNCC2)ccc1Nc1nc(OC2CCCC2)cc2cn[nH]c(=O)c12. The summed E-state index contributed by atoms with van der Waals surface area (Å²) in [6.45, 7) is 3.82. The number of methoxy groups -OCH3 is 1. The molecule has 0 radical (unpaired) electrons. The van der Waals surface area contributed by atoms with Crippen LogP contribution in [0.2, 0.25) is 0 Å². The van der Waals surface area contributed by atoms with Gasteiger partial charge in [0.25, 0.3) is 5.56 Å². The Kier molecular flexibility index (Phi) is 5.81. The zero-order chi connectivity index (χ0) is 21.9. The van der Waals surface area contributed by atoms with E-state index in [0.717, 1.165) is 50.4 Å². The fraction of sp³-hybridized carbons (Fsp3) is 0.435. The molecule has 0 atom stereocenters. The molecule has 5 rings (SSSR count). The number of pyridine rings is 1. The first-order valence-electron chi connectivity index (χ1n) is 11.2. The van der Waals surface area contributed by atoms with Gasteiger partial charge in [0.1, 0.15) is 17.7 Å². The molecule has 1 aliphatic heterocycles. The molecule has 0 bridgehead atoms. The van der Waals surface area contributed by atoms with Crippen LogP contribution < -0.4 is 30.6 Å². The van der Waals surface area contributed by atoms with E-state index >= 15 is 0 Å². The van der Waals surface area contributed by atoms with Crippen molar-refractivity contribution in [1.82, 2.24) is 20.5 Å². The molecule has 32 heavy (non-hydrogen) atoms. The lowest BCUT2D eigenvalue weighted by Crippen LogP contribution is -2.43. The number of nitrogens with zero attached hydrogens (tertiary/aromatic N) is 3. The molecule has 2 aliphatic rings. The second kappa shape index (κ2) is 9.04. The van der Waals surface area contributed by atoms with Crippen molar-refractivity contribution in [2.45, 2.75) is 31.8 Å². The highest BCUT2D eigenvalue weighted by molar-refractivity contribution is 5.93. The quantitative estimate of drug-likeness (QED) is 0.542. The van der Waals surface area contributed by atoms with Crippen LogP contribution >= 0.6 is 0 Å². The third-order valence-electron chi connectivity index (χ3n) is 6.13. The summed E-state index contributed by atoms with van der Waals surface area (Å²) in [6.07, 6.45) is 6.17. The number of aromatic amines is 1. The Balaban J connectivity index is 1.50. The lowest BCUT2D eigenvalue weighted by Gasteiger charge is -2.30. The average molecular weight is 437 g/mol. The number of aromatic nitrogens is 3. The molecule has 2 aromatic heterocycles. The van der Waals surface area contributed by atoms with E-state index in [9.17, 15) is 4.79 Å². The molecule has 3 heterocycles. The summed E-state index contributed by atoms with van der Waals surface area (Å²) in [4.78, 5) is 19.6. The van der Waals surface area contributed by atoms with Gasteiger partial charge in [0.05, 0.1) is 24.4 Å². The molecule has 9 heteroatoms. The minimum atomic E-state index is -0.304. The van der Waals surface area contributed by atoms with Gasteiger partial charge in [0.2, 0.25) is 5.88 Å². The van der Waals surface area contributed by atoms with Gasteiger partial charge in [-0.3, -0.25) is 4.79 Å². The second-order valence-electron chi connectivity index (χ2n) is 8.24. The normalized spacial score (nSPS) is 17.0.